The molecule has 6 heteroatoms. The molecule has 0 heterocycles. The molecule has 0 aliphatic heterocycles. The lowest BCUT2D eigenvalue weighted by molar-refractivity contribution is -0.264. The van der Waals surface area contributed by atoms with Crippen LogP contribution in [0.4, 0.5) is 13.2 Å². The van der Waals surface area contributed by atoms with E-state index < -0.39 is 29.5 Å². The van der Waals surface area contributed by atoms with Gasteiger partial charge in [0, 0.05) is 23.7 Å². The van der Waals surface area contributed by atoms with Crippen molar-refractivity contribution < 1.29 is 23.4 Å². The summed E-state index contributed by atoms with van der Waals surface area (Å²) in [5, 5.41) is 19.7. The number of aromatic hydroxyl groups is 1. The van der Waals surface area contributed by atoms with Crippen LogP contribution in [-0.2, 0) is 5.60 Å². The van der Waals surface area contributed by atoms with E-state index in [0.29, 0.717) is 0 Å². The van der Waals surface area contributed by atoms with Gasteiger partial charge < -0.3 is 10.2 Å². The molecular formula is C14H18F3NO2. The summed E-state index contributed by atoms with van der Waals surface area (Å²) in [7, 11) is 0. The van der Waals surface area contributed by atoms with Crippen LogP contribution in [0.3, 0.4) is 0 Å². The van der Waals surface area contributed by atoms with Crippen molar-refractivity contribution in [3.8, 4) is 5.75 Å². The summed E-state index contributed by atoms with van der Waals surface area (Å²) in [6, 6.07) is 4.73. The van der Waals surface area contributed by atoms with Crippen LogP contribution >= 0.6 is 0 Å². The standard InChI is InChI=1S/C14H18F3NO2/c1-9(2)18-10(3)8-13(20,14(15,16)17)11-6-4-5-7-12(11)19/h4-7,9,19-20H,8H2,1-3H3. The molecule has 3 nitrogen and oxygen atoms in total. The van der Waals surface area contributed by atoms with Crippen molar-refractivity contribution in [3.63, 3.8) is 0 Å². The van der Waals surface area contributed by atoms with E-state index in [1.807, 2.05) is 0 Å². The van der Waals surface area contributed by atoms with E-state index in [1.54, 1.807) is 13.8 Å². The third kappa shape index (κ3) is 3.50. The van der Waals surface area contributed by atoms with Crippen LogP contribution in [0.2, 0.25) is 0 Å². The van der Waals surface area contributed by atoms with E-state index in [4.69, 9.17) is 0 Å². The fourth-order valence-electron chi connectivity index (χ4n) is 2.03. The zero-order valence-electron chi connectivity index (χ0n) is 11.6. The van der Waals surface area contributed by atoms with Gasteiger partial charge in [0.05, 0.1) is 0 Å². The average molecular weight is 289 g/mol. The van der Waals surface area contributed by atoms with Crippen molar-refractivity contribution >= 4 is 5.71 Å². The van der Waals surface area contributed by atoms with E-state index in [-0.39, 0.29) is 11.8 Å². The summed E-state index contributed by atoms with van der Waals surface area (Å²) in [5.41, 5.74) is -3.55. The van der Waals surface area contributed by atoms with E-state index in [9.17, 15) is 23.4 Å². The molecule has 0 radical (unpaired) electrons. The SMILES string of the molecule is CC(CC(O)(c1ccccc1O)C(F)(F)F)=NC(C)C. The summed E-state index contributed by atoms with van der Waals surface area (Å²) < 4.78 is 39.8. The lowest BCUT2D eigenvalue weighted by atomic mass is 9.87. The number of benzene rings is 1. The molecule has 1 aromatic rings. The fraction of sp³-hybridized carbons (Fsp3) is 0.500. The van der Waals surface area contributed by atoms with Crippen molar-refractivity contribution in [3.05, 3.63) is 29.8 Å². The number of hydrogen-bond donors (Lipinski definition) is 2. The van der Waals surface area contributed by atoms with Crippen molar-refractivity contribution in [2.45, 2.75) is 45.0 Å². The second-order valence-electron chi connectivity index (χ2n) is 5.01. The molecule has 0 aromatic heterocycles. The number of phenolic OH excluding ortho intramolecular Hbond substituents is 1. The summed E-state index contributed by atoms with van der Waals surface area (Å²) >= 11 is 0. The number of rotatable bonds is 4. The summed E-state index contributed by atoms with van der Waals surface area (Å²) in [6.07, 6.45) is -5.63. The summed E-state index contributed by atoms with van der Waals surface area (Å²) in [5.74, 6) is -0.593. The highest BCUT2D eigenvalue weighted by Crippen LogP contribution is 2.44. The highest BCUT2D eigenvalue weighted by molar-refractivity contribution is 5.83. The quantitative estimate of drug-likeness (QED) is 0.835. The molecule has 0 amide bonds. The number of aliphatic imine (C=N–C) groups is 1. The molecule has 2 N–H and O–H groups in total. The molecule has 20 heavy (non-hydrogen) atoms. The number of halogens is 3. The molecule has 0 aliphatic carbocycles. The maximum absolute atomic E-state index is 13.3. The molecular weight excluding hydrogens is 271 g/mol. The minimum Gasteiger partial charge on any atom is -0.508 e. The van der Waals surface area contributed by atoms with Gasteiger partial charge in [-0.1, -0.05) is 18.2 Å². The Morgan fingerprint density at radius 3 is 2.25 bits per heavy atom. The fourth-order valence-corrected chi connectivity index (χ4v) is 2.03. The first-order valence-electron chi connectivity index (χ1n) is 6.19. The van der Waals surface area contributed by atoms with Gasteiger partial charge in [-0.05, 0) is 26.8 Å². The number of aliphatic hydroxyl groups is 1. The molecule has 1 aromatic carbocycles. The van der Waals surface area contributed by atoms with Crippen molar-refractivity contribution in [1.82, 2.24) is 0 Å². The average Bonchev–Trinajstić information content (AvgIpc) is 2.26. The lowest BCUT2D eigenvalue weighted by Gasteiger charge is -2.31. The molecule has 0 saturated heterocycles. The number of hydrogen-bond acceptors (Lipinski definition) is 3. The van der Waals surface area contributed by atoms with Crippen LogP contribution in [-0.4, -0.2) is 28.1 Å². The number of para-hydroxylation sites is 1. The van der Waals surface area contributed by atoms with Gasteiger partial charge in [0.15, 0.2) is 5.60 Å². The minimum absolute atomic E-state index is 0.170. The van der Waals surface area contributed by atoms with Gasteiger partial charge in [-0.15, -0.1) is 0 Å². The highest BCUT2D eigenvalue weighted by Gasteiger charge is 2.56. The van der Waals surface area contributed by atoms with Crippen LogP contribution < -0.4 is 0 Å². The third-order valence-electron chi connectivity index (χ3n) is 2.81. The first kappa shape index (κ1) is 16.5. The normalized spacial score (nSPS) is 16.3. The third-order valence-corrected chi connectivity index (χ3v) is 2.81. The Hall–Kier alpha value is -1.56. The summed E-state index contributed by atoms with van der Waals surface area (Å²) in [4.78, 5) is 4.01. The van der Waals surface area contributed by atoms with Crippen LogP contribution in [0.5, 0.6) is 5.75 Å². The van der Waals surface area contributed by atoms with E-state index in [1.165, 1.54) is 19.1 Å². The van der Waals surface area contributed by atoms with E-state index >= 15 is 0 Å². The predicted molar refractivity (Wildman–Crippen MR) is 70.9 cm³/mol. The lowest BCUT2D eigenvalue weighted by Crippen LogP contribution is -2.43. The largest absolute Gasteiger partial charge is 0.508 e. The van der Waals surface area contributed by atoms with E-state index in [2.05, 4.69) is 4.99 Å². The molecule has 0 aliphatic rings. The first-order valence-corrected chi connectivity index (χ1v) is 6.19. The molecule has 1 atom stereocenters. The van der Waals surface area contributed by atoms with Crippen LogP contribution in [0.15, 0.2) is 29.3 Å². The molecule has 0 fully saturated rings. The molecule has 1 rings (SSSR count). The minimum atomic E-state index is -4.92. The van der Waals surface area contributed by atoms with Gasteiger partial charge in [0.25, 0.3) is 0 Å². The van der Waals surface area contributed by atoms with Gasteiger partial charge in [-0.25, -0.2) is 0 Å². The van der Waals surface area contributed by atoms with Crippen molar-refractivity contribution in [2.75, 3.05) is 0 Å². The van der Waals surface area contributed by atoms with Crippen molar-refractivity contribution in [2.24, 2.45) is 4.99 Å². The predicted octanol–water partition coefficient (Wildman–Crippen LogP) is 3.40. The van der Waals surface area contributed by atoms with Crippen LogP contribution in [0.25, 0.3) is 0 Å². The maximum atomic E-state index is 13.3. The molecule has 0 saturated carbocycles. The Morgan fingerprint density at radius 1 is 1.25 bits per heavy atom. The van der Waals surface area contributed by atoms with Crippen LogP contribution in [0, 0.1) is 0 Å². The second-order valence-corrected chi connectivity index (χ2v) is 5.01. The Balaban J connectivity index is 3.29. The van der Waals surface area contributed by atoms with Gasteiger partial charge in [-0.3, -0.25) is 4.99 Å². The summed E-state index contributed by atoms with van der Waals surface area (Å²) in [6.45, 7) is 4.89. The smallest absolute Gasteiger partial charge is 0.421 e. The number of nitrogens with zero attached hydrogens (tertiary/aromatic N) is 1. The Morgan fingerprint density at radius 2 is 1.80 bits per heavy atom. The van der Waals surface area contributed by atoms with Gasteiger partial charge in [-0.2, -0.15) is 13.2 Å². The zero-order valence-corrected chi connectivity index (χ0v) is 11.6. The maximum Gasteiger partial charge on any atom is 0.421 e. The van der Waals surface area contributed by atoms with Crippen molar-refractivity contribution in [1.29, 1.82) is 0 Å². The Bertz CT molecular complexity index is 497. The Kier molecular flexibility index (Phi) is 4.81. The Labute approximate surface area is 115 Å². The molecule has 112 valence electrons. The molecule has 1 unspecified atom stereocenters. The second kappa shape index (κ2) is 5.83. The van der Waals surface area contributed by atoms with Gasteiger partial charge in [0.1, 0.15) is 5.75 Å². The van der Waals surface area contributed by atoms with Gasteiger partial charge in [0.2, 0.25) is 0 Å². The molecule has 0 spiro atoms. The van der Waals surface area contributed by atoms with Gasteiger partial charge >= 0.3 is 6.18 Å². The number of alkyl halides is 3. The molecule has 0 bridgehead atoms. The topological polar surface area (TPSA) is 52.8 Å². The number of phenols is 1. The highest BCUT2D eigenvalue weighted by atomic mass is 19.4. The van der Waals surface area contributed by atoms with Crippen LogP contribution in [0.1, 0.15) is 32.8 Å². The first-order chi connectivity index (χ1) is 9.08. The van der Waals surface area contributed by atoms with E-state index in [0.717, 1.165) is 12.1 Å². The monoisotopic (exact) mass is 289 g/mol. The zero-order chi connectivity index (χ0) is 15.6.